The van der Waals surface area contributed by atoms with E-state index < -0.39 is 23.9 Å². The first-order chi connectivity index (χ1) is 12.1. The van der Waals surface area contributed by atoms with Crippen molar-refractivity contribution in [3.63, 3.8) is 0 Å². The molecule has 1 aromatic rings. The highest BCUT2D eigenvalue weighted by Gasteiger charge is 2.44. The van der Waals surface area contributed by atoms with Crippen LogP contribution in [0.5, 0.6) is 11.5 Å². The Labute approximate surface area is 148 Å². The number of methoxy groups -OCH3 is 1. The molecule has 1 N–H and O–H groups in total. The number of amides is 1. The van der Waals surface area contributed by atoms with Gasteiger partial charge in [0.2, 0.25) is 0 Å². The van der Waals surface area contributed by atoms with E-state index in [1.54, 1.807) is 21.0 Å². The normalized spacial score (nSPS) is 17.9. The number of hydrogen-bond donors (Lipinski definition) is 1. The van der Waals surface area contributed by atoms with Gasteiger partial charge in [-0.05, 0) is 24.6 Å². The molecule has 9 heteroatoms. The summed E-state index contributed by atoms with van der Waals surface area (Å²) in [6, 6.07) is 1.60. The fourth-order valence-electron chi connectivity index (χ4n) is 2.67. The average Bonchev–Trinajstić information content (AvgIpc) is 2.78. The van der Waals surface area contributed by atoms with Crippen LogP contribution in [-0.2, 0) is 4.79 Å². The number of rotatable bonds is 5. The molecule has 2 rings (SSSR count). The molecule has 0 fully saturated rings. The summed E-state index contributed by atoms with van der Waals surface area (Å²) < 4.78 is 48.7. The van der Waals surface area contributed by atoms with Crippen molar-refractivity contribution in [1.82, 2.24) is 10.2 Å². The zero-order valence-electron chi connectivity index (χ0n) is 14.7. The first-order valence-electron chi connectivity index (χ1n) is 7.75. The minimum atomic E-state index is -5.07. The van der Waals surface area contributed by atoms with Gasteiger partial charge in [-0.15, -0.1) is 0 Å². The summed E-state index contributed by atoms with van der Waals surface area (Å²) in [4.78, 5) is 25.7. The van der Waals surface area contributed by atoms with Gasteiger partial charge in [-0.2, -0.15) is 13.2 Å². The Balaban J connectivity index is 2.58. The molecule has 0 saturated heterocycles. The lowest BCUT2D eigenvalue weighted by Crippen LogP contribution is -2.39. The number of carbonyl (C=O) groups excluding carboxylic acids is 2. The Kier molecular flexibility index (Phi) is 5.48. The second-order valence-electron chi connectivity index (χ2n) is 5.80. The molecule has 1 aliphatic rings. The van der Waals surface area contributed by atoms with Crippen molar-refractivity contribution in [3.05, 3.63) is 35.0 Å². The molecular formula is C17H19F3N2O4. The van der Waals surface area contributed by atoms with Crippen molar-refractivity contribution < 1.29 is 32.2 Å². The Bertz CT molecular complexity index is 757. The maximum atomic E-state index is 12.7. The molecule has 0 radical (unpaired) electrons. The van der Waals surface area contributed by atoms with E-state index in [0.29, 0.717) is 12.4 Å². The predicted octanol–water partition coefficient (Wildman–Crippen LogP) is 2.46. The summed E-state index contributed by atoms with van der Waals surface area (Å²) in [5.41, 5.74) is 0.411. The molecule has 0 bridgehead atoms. The van der Waals surface area contributed by atoms with E-state index in [2.05, 4.69) is 0 Å². The molecule has 1 atom stereocenters. The highest BCUT2D eigenvalue weighted by molar-refractivity contribution is 6.15. The topological polar surface area (TPSA) is 67.9 Å². The Hall–Kier alpha value is -2.71. The van der Waals surface area contributed by atoms with Crippen LogP contribution in [-0.4, -0.2) is 50.6 Å². The largest absolute Gasteiger partial charge is 0.493 e. The van der Waals surface area contributed by atoms with Gasteiger partial charge in [-0.1, -0.05) is 0 Å². The second-order valence-corrected chi connectivity index (χ2v) is 5.80. The zero-order valence-corrected chi connectivity index (χ0v) is 14.7. The number of nitrogens with zero attached hydrogens (tertiary/aromatic N) is 1. The lowest BCUT2D eigenvalue weighted by Gasteiger charge is -2.19. The van der Waals surface area contributed by atoms with Gasteiger partial charge >= 0.3 is 12.1 Å². The van der Waals surface area contributed by atoms with Gasteiger partial charge in [-0.25, -0.2) is 0 Å². The highest BCUT2D eigenvalue weighted by Crippen LogP contribution is 2.42. The molecule has 0 aromatic heterocycles. The maximum Gasteiger partial charge on any atom is 0.471 e. The minimum Gasteiger partial charge on any atom is -0.493 e. The smallest absolute Gasteiger partial charge is 0.471 e. The zero-order chi connectivity index (χ0) is 19.6. The van der Waals surface area contributed by atoms with Gasteiger partial charge in [0.05, 0.1) is 19.8 Å². The summed E-state index contributed by atoms with van der Waals surface area (Å²) in [5.74, 6) is -2.05. The van der Waals surface area contributed by atoms with Crippen molar-refractivity contribution in [2.24, 2.45) is 0 Å². The molecule has 0 aliphatic heterocycles. The van der Waals surface area contributed by atoms with Crippen LogP contribution in [0.4, 0.5) is 13.2 Å². The molecule has 6 nitrogen and oxygen atoms in total. The van der Waals surface area contributed by atoms with E-state index in [0.717, 1.165) is 0 Å². The quantitative estimate of drug-likeness (QED) is 0.805. The number of halogens is 3. The lowest BCUT2D eigenvalue weighted by atomic mass is 10.1. The Morgan fingerprint density at radius 2 is 1.96 bits per heavy atom. The fourth-order valence-corrected chi connectivity index (χ4v) is 2.67. The predicted molar refractivity (Wildman–Crippen MR) is 87.2 cm³/mol. The van der Waals surface area contributed by atoms with Crippen LogP contribution in [0, 0.1) is 0 Å². The summed E-state index contributed by atoms with van der Waals surface area (Å²) in [6.45, 7) is 2.07. The summed E-state index contributed by atoms with van der Waals surface area (Å²) in [6.07, 6.45) is -3.68. The van der Waals surface area contributed by atoms with Crippen LogP contribution in [0.3, 0.4) is 0 Å². The summed E-state index contributed by atoms with van der Waals surface area (Å²) in [7, 11) is 4.62. The molecular weight excluding hydrogens is 353 g/mol. The molecule has 0 saturated carbocycles. The maximum absolute atomic E-state index is 12.7. The summed E-state index contributed by atoms with van der Waals surface area (Å²) in [5, 5.41) is 1.89. The van der Waals surface area contributed by atoms with E-state index in [1.807, 2.05) is 5.32 Å². The molecule has 1 aromatic carbocycles. The van der Waals surface area contributed by atoms with Crippen molar-refractivity contribution in [3.8, 4) is 11.5 Å². The Morgan fingerprint density at radius 3 is 2.46 bits per heavy atom. The van der Waals surface area contributed by atoms with Gasteiger partial charge in [0, 0.05) is 31.4 Å². The third-order valence-corrected chi connectivity index (χ3v) is 3.69. The van der Waals surface area contributed by atoms with Crippen LogP contribution in [0.2, 0.25) is 0 Å². The van der Waals surface area contributed by atoms with Crippen LogP contribution in [0.15, 0.2) is 23.9 Å². The van der Waals surface area contributed by atoms with Gasteiger partial charge in [-0.3, -0.25) is 9.59 Å². The van der Waals surface area contributed by atoms with Crippen LogP contribution in [0.25, 0.3) is 0 Å². The number of benzene rings is 1. The average molecular weight is 372 g/mol. The number of ketones is 1. The second kappa shape index (κ2) is 7.27. The van der Waals surface area contributed by atoms with E-state index in [9.17, 15) is 22.8 Å². The monoisotopic (exact) mass is 372 g/mol. The molecule has 0 spiro atoms. The number of hydrogen-bond acceptors (Lipinski definition) is 5. The fraction of sp³-hybridized carbons (Fsp3) is 0.412. The molecule has 26 heavy (non-hydrogen) atoms. The van der Waals surface area contributed by atoms with E-state index >= 15 is 0 Å². The van der Waals surface area contributed by atoms with Crippen molar-refractivity contribution in [2.75, 3.05) is 27.8 Å². The molecule has 1 amide bonds. The molecule has 0 heterocycles. The van der Waals surface area contributed by atoms with Gasteiger partial charge in [0.1, 0.15) is 0 Å². The SMILES string of the molecule is CCOc1cc2c(cc1OC)[C@@H](NC(=O)C(F)(F)F)/C(=C/N(C)C)C2=O. The first kappa shape index (κ1) is 19.6. The number of fused-ring (bicyclic) bond motifs is 1. The van der Waals surface area contributed by atoms with Gasteiger partial charge in [0.15, 0.2) is 17.3 Å². The van der Waals surface area contributed by atoms with Crippen molar-refractivity contribution in [2.45, 2.75) is 19.1 Å². The lowest BCUT2D eigenvalue weighted by molar-refractivity contribution is -0.174. The van der Waals surface area contributed by atoms with E-state index in [-0.39, 0.29) is 22.4 Å². The first-order valence-corrected chi connectivity index (χ1v) is 7.75. The molecule has 1 aliphatic carbocycles. The highest BCUT2D eigenvalue weighted by atomic mass is 19.4. The third kappa shape index (κ3) is 3.76. The minimum absolute atomic E-state index is 0.0262. The van der Waals surface area contributed by atoms with Gasteiger partial charge < -0.3 is 19.7 Å². The van der Waals surface area contributed by atoms with Crippen LogP contribution < -0.4 is 14.8 Å². The van der Waals surface area contributed by atoms with Gasteiger partial charge in [0.25, 0.3) is 0 Å². The Morgan fingerprint density at radius 1 is 1.31 bits per heavy atom. The van der Waals surface area contributed by atoms with Crippen LogP contribution >= 0.6 is 0 Å². The van der Waals surface area contributed by atoms with E-state index in [1.165, 1.54) is 30.3 Å². The molecule has 142 valence electrons. The number of nitrogens with one attached hydrogen (secondary N) is 1. The van der Waals surface area contributed by atoms with Crippen molar-refractivity contribution in [1.29, 1.82) is 0 Å². The van der Waals surface area contributed by atoms with E-state index in [4.69, 9.17) is 9.47 Å². The van der Waals surface area contributed by atoms with Crippen LogP contribution in [0.1, 0.15) is 28.9 Å². The number of alkyl halides is 3. The standard InChI is InChI=1S/C17H19F3N2O4/c1-5-26-13-7-10-9(6-12(13)25-4)14(21-16(24)17(18,19)20)11(15(10)23)8-22(2)3/h6-8,14H,5H2,1-4H3,(H,21,24)/b11-8-/t14-/m1/s1. The summed E-state index contributed by atoms with van der Waals surface area (Å²) >= 11 is 0. The van der Waals surface area contributed by atoms with Crippen molar-refractivity contribution >= 4 is 11.7 Å². The third-order valence-electron chi connectivity index (χ3n) is 3.69. The molecule has 0 unspecified atom stereocenters. The number of carbonyl (C=O) groups is 2. The number of Topliss-reactive ketones (excluding diaryl/α,β-unsaturated/α-hetero) is 1. The number of ether oxygens (including phenoxy) is 2.